The number of nitrogens with zero attached hydrogens (tertiary/aromatic N) is 6. The average Bonchev–Trinajstić information content (AvgIpc) is 3.41. The molecular weight excluding hydrogens is 447 g/mol. The maximum Gasteiger partial charge on any atom is 0.416 e. The van der Waals surface area contributed by atoms with E-state index in [0.29, 0.717) is 16.5 Å². The van der Waals surface area contributed by atoms with Crippen molar-refractivity contribution >= 4 is 23.4 Å². The summed E-state index contributed by atoms with van der Waals surface area (Å²) in [5.41, 5.74) is 0.610. The molecule has 1 N–H and O–H groups in total. The van der Waals surface area contributed by atoms with Crippen LogP contribution in [0.1, 0.15) is 18.4 Å². The molecule has 0 saturated carbocycles. The molecule has 0 aliphatic rings. The molecule has 0 aliphatic carbocycles. The van der Waals surface area contributed by atoms with Crippen molar-refractivity contribution in [2.45, 2.75) is 24.0 Å². The first-order valence-electron chi connectivity index (χ1n) is 9.09. The Balaban J connectivity index is 1.48. The molecule has 0 fully saturated rings. The number of carbonyl (C=O) groups excluding carboxylic acids is 1. The van der Waals surface area contributed by atoms with E-state index in [1.165, 1.54) is 35.5 Å². The lowest BCUT2D eigenvalue weighted by Gasteiger charge is -2.06. The van der Waals surface area contributed by atoms with Crippen LogP contribution in [0.15, 0.2) is 58.2 Å². The van der Waals surface area contributed by atoms with E-state index in [2.05, 4.69) is 31.0 Å². The van der Waals surface area contributed by atoms with Gasteiger partial charge in [0.15, 0.2) is 0 Å². The maximum absolute atomic E-state index is 12.9. The van der Waals surface area contributed by atoms with Gasteiger partial charge in [-0.05, 0) is 40.8 Å². The van der Waals surface area contributed by atoms with Crippen LogP contribution in [0.5, 0.6) is 0 Å². The van der Waals surface area contributed by atoms with E-state index in [9.17, 15) is 18.0 Å². The van der Waals surface area contributed by atoms with Crippen LogP contribution < -0.4 is 5.32 Å². The monoisotopic (exact) mass is 461 g/mol. The van der Waals surface area contributed by atoms with Crippen LogP contribution in [0.25, 0.3) is 17.1 Å². The molecule has 0 atom stereocenters. The molecule has 4 aromatic rings. The first-order valence-corrected chi connectivity index (χ1v) is 10.1. The Hall–Kier alpha value is -3.74. The fourth-order valence-corrected chi connectivity index (χ4v) is 3.47. The molecule has 2 aromatic carbocycles. The molecule has 32 heavy (non-hydrogen) atoms. The molecule has 0 spiro atoms. The molecule has 0 aliphatic heterocycles. The minimum Gasteiger partial charge on any atom is -0.338 e. The van der Waals surface area contributed by atoms with Crippen LogP contribution in [-0.4, -0.2) is 36.3 Å². The number of alkyl halides is 3. The van der Waals surface area contributed by atoms with E-state index in [-0.39, 0.29) is 28.9 Å². The summed E-state index contributed by atoms with van der Waals surface area (Å²) in [6.07, 6.45) is -4.47. The summed E-state index contributed by atoms with van der Waals surface area (Å²) in [5.74, 6) is 0.234. The van der Waals surface area contributed by atoms with Gasteiger partial charge in [-0.25, -0.2) is 0 Å². The third-order valence-electron chi connectivity index (χ3n) is 4.09. The number of anilines is 1. The molecule has 164 valence electrons. The standard InChI is InChI=1S/C19H14F3N7O2S/c1-11(30)23-14-6-3-7-15(9-14)29-18(25-27-28-29)32-10-16-24-17(26-31-16)12-4-2-5-13(8-12)19(20,21)22/h2-9H,10H2,1H3,(H,23,30). The van der Waals surface area contributed by atoms with Gasteiger partial charge < -0.3 is 9.84 Å². The summed E-state index contributed by atoms with van der Waals surface area (Å²) >= 11 is 1.20. The number of tetrazole rings is 1. The van der Waals surface area contributed by atoms with Crippen LogP contribution in [0, 0.1) is 0 Å². The first-order chi connectivity index (χ1) is 15.3. The highest BCUT2D eigenvalue weighted by Crippen LogP contribution is 2.32. The van der Waals surface area contributed by atoms with Crippen molar-refractivity contribution in [2.24, 2.45) is 0 Å². The number of nitrogens with one attached hydrogen (secondary N) is 1. The lowest BCUT2D eigenvalue weighted by Crippen LogP contribution is -2.07. The molecular formula is C19H14F3N7O2S. The van der Waals surface area contributed by atoms with Gasteiger partial charge in [-0.2, -0.15) is 22.8 Å². The van der Waals surface area contributed by atoms with Gasteiger partial charge in [-0.3, -0.25) is 4.79 Å². The van der Waals surface area contributed by atoms with E-state index >= 15 is 0 Å². The SMILES string of the molecule is CC(=O)Nc1cccc(-n2nnnc2SCc2nc(-c3cccc(C(F)(F)F)c3)no2)c1. The molecule has 13 heteroatoms. The summed E-state index contributed by atoms with van der Waals surface area (Å²) in [7, 11) is 0. The molecule has 9 nitrogen and oxygen atoms in total. The van der Waals surface area contributed by atoms with Crippen molar-refractivity contribution in [2.75, 3.05) is 5.32 Å². The van der Waals surface area contributed by atoms with E-state index in [1.54, 1.807) is 24.3 Å². The number of amides is 1. The number of aromatic nitrogens is 6. The van der Waals surface area contributed by atoms with Crippen LogP contribution in [0.4, 0.5) is 18.9 Å². The number of carbonyl (C=O) groups is 1. The molecule has 0 unspecified atom stereocenters. The highest BCUT2D eigenvalue weighted by Gasteiger charge is 2.30. The number of benzene rings is 2. The Morgan fingerprint density at radius 2 is 2.00 bits per heavy atom. The minimum absolute atomic E-state index is 0.0503. The van der Waals surface area contributed by atoms with Crippen LogP contribution in [-0.2, 0) is 16.7 Å². The van der Waals surface area contributed by atoms with Crippen molar-refractivity contribution in [1.82, 2.24) is 30.3 Å². The summed E-state index contributed by atoms with van der Waals surface area (Å²) in [4.78, 5) is 15.4. The van der Waals surface area contributed by atoms with Gasteiger partial charge in [-0.1, -0.05) is 35.1 Å². The zero-order chi connectivity index (χ0) is 22.7. The van der Waals surface area contributed by atoms with Crippen LogP contribution >= 0.6 is 11.8 Å². The van der Waals surface area contributed by atoms with E-state index in [4.69, 9.17) is 4.52 Å². The smallest absolute Gasteiger partial charge is 0.338 e. The van der Waals surface area contributed by atoms with Gasteiger partial charge in [0.05, 0.1) is 17.0 Å². The van der Waals surface area contributed by atoms with Gasteiger partial charge in [0.1, 0.15) is 0 Å². The number of thioether (sulfide) groups is 1. The highest BCUT2D eigenvalue weighted by atomic mass is 32.2. The van der Waals surface area contributed by atoms with Crippen molar-refractivity contribution in [3.63, 3.8) is 0 Å². The second-order valence-electron chi connectivity index (χ2n) is 6.48. The topological polar surface area (TPSA) is 112 Å². The Kier molecular flexibility index (Phi) is 5.90. The van der Waals surface area contributed by atoms with E-state index in [1.807, 2.05) is 0 Å². The molecule has 2 aromatic heterocycles. The van der Waals surface area contributed by atoms with E-state index in [0.717, 1.165) is 12.1 Å². The number of hydrogen-bond acceptors (Lipinski definition) is 8. The molecule has 4 rings (SSSR count). The second kappa shape index (κ2) is 8.78. The van der Waals surface area contributed by atoms with Crippen molar-refractivity contribution in [3.05, 3.63) is 60.0 Å². The molecule has 0 radical (unpaired) electrons. The van der Waals surface area contributed by atoms with Crippen molar-refractivity contribution in [1.29, 1.82) is 0 Å². The summed E-state index contributed by atoms with van der Waals surface area (Å²) in [6, 6.07) is 11.6. The second-order valence-corrected chi connectivity index (χ2v) is 7.43. The number of hydrogen-bond donors (Lipinski definition) is 1. The molecule has 0 saturated heterocycles. The summed E-state index contributed by atoms with van der Waals surface area (Å²) < 4.78 is 45.4. The Morgan fingerprint density at radius 1 is 1.19 bits per heavy atom. The third-order valence-corrected chi connectivity index (χ3v) is 5.00. The predicted octanol–water partition coefficient (Wildman–Crippen LogP) is 3.98. The summed E-state index contributed by atoms with van der Waals surface area (Å²) in [6.45, 7) is 1.41. The Morgan fingerprint density at radius 3 is 2.78 bits per heavy atom. The van der Waals surface area contributed by atoms with Gasteiger partial charge >= 0.3 is 6.18 Å². The lowest BCUT2D eigenvalue weighted by atomic mass is 10.1. The molecule has 0 bridgehead atoms. The fraction of sp³-hybridized carbons (Fsp3) is 0.158. The van der Waals surface area contributed by atoms with Crippen LogP contribution in [0.3, 0.4) is 0 Å². The molecule has 2 heterocycles. The largest absolute Gasteiger partial charge is 0.416 e. The van der Waals surface area contributed by atoms with Gasteiger partial charge in [0, 0.05) is 18.2 Å². The number of rotatable bonds is 6. The highest BCUT2D eigenvalue weighted by molar-refractivity contribution is 7.98. The van der Waals surface area contributed by atoms with Gasteiger partial charge in [0.25, 0.3) is 0 Å². The Bertz CT molecular complexity index is 1260. The van der Waals surface area contributed by atoms with E-state index < -0.39 is 11.7 Å². The molecule has 1 amide bonds. The zero-order valence-corrected chi connectivity index (χ0v) is 17.2. The Labute approximate surface area is 183 Å². The third kappa shape index (κ3) is 4.94. The average molecular weight is 461 g/mol. The first kappa shape index (κ1) is 21.5. The predicted molar refractivity (Wildman–Crippen MR) is 108 cm³/mol. The van der Waals surface area contributed by atoms with Crippen molar-refractivity contribution < 1.29 is 22.5 Å². The maximum atomic E-state index is 12.9. The number of halogens is 3. The lowest BCUT2D eigenvalue weighted by molar-refractivity contribution is -0.137. The normalized spacial score (nSPS) is 11.5. The van der Waals surface area contributed by atoms with Crippen molar-refractivity contribution in [3.8, 4) is 17.1 Å². The van der Waals surface area contributed by atoms with Crippen LogP contribution in [0.2, 0.25) is 0 Å². The van der Waals surface area contributed by atoms with Gasteiger partial charge in [-0.15, -0.1) is 5.10 Å². The van der Waals surface area contributed by atoms with Gasteiger partial charge in [0.2, 0.25) is 22.8 Å². The fourth-order valence-electron chi connectivity index (χ4n) is 2.74. The minimum atomic E-state index is -4.47. The zero-order valence-electron chi connectivity index (χ0n) is 16.4. The quantitative estimate of drug-likeness (QED) is 0.429. The summed E-state index contributed by atoms with van der Waals surface area (Å²) in [5, 5.41) is 18.5.